The van der Waals surface area contributed by atoms with E-state index in [2.05, 4.69) is 15.6 Å². The molecule has 2 aromatic heterocycles. The number of furan rings is 1. The number of nitrogens with zero attached hydrogens (tertiary/aromatic N) is 3. The normalized spacial score (nSPS) is 23.6. The van der Waals surface area contributed by atoms with Gasteiger partial charge in [0, 0.05) is 38.1 Å². The predicted molar refractivity (Wildman–Crippen MR) is 132 cm³/mol. The SMILES string of the molecule is O=C(Nc1nc(-c2ccco2)cs1)[C@@H]1C[C@H](F)CN1C(=O)[C@H](NC(=O)N1CCOCC1)C1CCOCC1. The standard InChI is InChI=1S/C24H30FN5O6S/c25-16-12-18(21(31)28-23-26-17(14-37-23)19-2-1-7-36-19)30(13-16)22(32)20(15-3-8-34-9-4-15)27-24(33)29-5-10-35-11-6-29/h1-2,7,14-16,18,20H,3-6,8-13H2,(H,27,33)(H,26,28,31)/t16-,18-,20+/m0/s1. The van der Waals surface area contributed by atoms with E-state index in [4.69, 9.17) is 13.9 Å². The molecule has 5 heterocycles. The Labute approximate surface area is 217 Å². The largest absolute Gasteiger partial charge is 0.463 e. The third-order valence-corrected chi connectivity index (χ3v) is 7.68. The lowest BCUT2D eigenvalue weighted by Gasteiger charge is -2.36. The number of thiazole rings is 1. The van der Waals surface area contributed by atoms with Gasteiger partial charge in [-0.25, -0.2) is 14.2 Å². The van der Waals surface area contributed by atoms with Crippen molar-refractivity contribution in [3.8, 4) is 11.5 Å². The molecular formula is C24H30FN5O6S. The van der Waals surface area contributed by atoms with Gasteiger partial charge < -0.3 is 34.3 Å². The molecule has 3 aliphatic heterocycles. The molecule has 0 aromatic carbocycles. The molecule has 0 bridgehead atoms. The van der Waals surface area contributed by atoms with Crippen LogP contribution in [0, 0.1) is 5.92 Å². The first-order valence-corrected chi connectivity index (χ1v) is 13.3. The van der Waals surface area contributed by atoms with Gasteiger partial charge in [-0.1, -0.05) is 0 Å². The van der Waals surface area contributed by atoms with Gasteiger partial charge in [-0.15, -0.1) is 11.3 Å². The van der Waals surface area contributed by atoms with Crippen molar-refractivity contribution in [2.45, 2.75) is 37.5 Å². The second-order valence-electron chi connectivity index (χ2n) is 9.32. The fraction of sp³-hybridized carbons (Fsp3) is 0.583. The number of ether oxygens (including phenoxy) is 2. The average Bonchev–Trinajstić information content (AvgIpc) is 3.69. The van der Waals surface area contributed by atoms with Crippen molar-refractivity contribution < 1.29 is 32.7 Å². The van der Waals surface area contributed by atoms with Gasteiger partial charge in [-0.05, 0) is 30.9 Å². The van der Waals surface area contributed by atoms with Crippen LogP contribution in [-0.2, 0) is 19.1 Å². The van der Waals surface area contributed by atoms with E-state index in [1.54, 1.807) is 22.4 Å². The van der Waals surface area contributed by atoms with Gasteiger partial charge in [0.25, 0.3) is 0 Å². The molecule has 0 spiro atoms. The number of hydrogen-bond acceptors (Lipinski definition) is 8. The Morgan fingerprint density at radius 1 is 1.14 bits per heavy atom. The molecule has 2 aromatic rings. The molecule has 0 radical (unpaired) electrons. The highest BCUT2D eigenvalue weighted by Crippen LogP contribution is 2.29. The summed E-state index contributed by atoms with van der Waals surface area (Å²) < 4.78 is 30.7. The van der Waals surface area contributed by atoms with Crippen molar-refractivity contribution in [3.63, 3.8) is 0 Å². The molecule has 3 fully saturated rings. The van der Waals surface area contributed by atoms with Crippen LogP contribution in [0.2, 0.25) is 0 Å². The van der Waals surface area contributed by atoms with E-state index in [9.17, 15) is 18.8 Å². The summed E-state index contributed by atoms with van der Waals surface area (Å²) in [6, 6.07) is 1.24. The van der Waals surface area contributed by atoms with E-state index in [1.165, 1.54) is 22.5 Å². The number of likely N-dealkylation sites (tertiary alicyclic amines) is 1. The van der Waals surface area contributed by atoms with Crippen molar-refractivity contribution in [1.82, 2.24) is 20.1 Å². The number of hydrogen-bond donors (Lipinski definition) is 2. The number of anilines is 1. The van der Waals surface area contributed by atoms with Gasteiger partial charge in [-0.3, -0.25) is 9.59 Å². The second kappa shape index (κ2) is 11.6. The molecule has 11 nitrogen and oxygen atoms in total. The van der Waals surface area contributed by atoms with Gasteiger partial charge in [0.05, 0.1) is 26.0 Å². The van der Waals surface area contributed by atoms with Gasteiger partial charge in [0.1, 0.15) is 23.9 Å². The van der Waals surface area contributed by atoms with E-state index in [1.807, 2.05) is 0 Å². The Morgan fingerprint density at radius 2 is 1.89 bits per heavy atom. The summed E-state index contributed by atoms with van der Waals surface area (Å²) in [7, 11) is 0. The van der Waals surface area contributed by atoms with E-state index in [-0.39, 0.29) is 24.9 Å². The van der Waals surface area contributed by atoms with Crippen LogP contribution in [-0.4, -0.2) is 96.9 Å². The van der Waals surface area contributed by atoms with Gasteiger partial charge in [-0.2, -0.15) is 0 Å². The Bertz CT molecular complexity index is 1090. The first-order chi connectivity index (χ1) is 18.0. The Kier molecular flexibility index (Phi) is 8.01. The molecule has 2 N–H and O–H groups in total. The van der Waals surface area contributed by atoms with E-state index >= 15 is 0 Å². The van der Waals surface area contributed by atoms with Crippen LogP contribution in [0.3, 0.4) is 0 Å². The molecule has 3 atom stereocenters. The summed E-state index contributed by atoms with van der Waals surface area (Å²) in [6.45, 7) is 2.45. The number of nitrogens with one attached hydrogen (secondary N) is 2. The van der Waals surface area contributed by atoms with Crippen LogP contribution in [0.15, 0.2) is 28.2 Å². The third kappa shape index (κ3) is 5.94. The number of halogens is 1. The second-order valence-corrected chi connectivity index (χ2v) is 10.2. The fourth-order valence-electron chi connectivity index (χ4n) is 4.93. The van der Waals surface area contributed by atoms with Gasteiger partial charge in [0.15, 0.2) is 10.9 Å². The fourth-order valence-corrected chi connectivity index (χ4v) is 5.64. The highest BCUT2D eigenvalue weighted by Gasteiger charge is 2.44. The van der Waals surface area contributed by atoms with Crippen LogP contribution >= 0.6 is 11.3 Å². The molecule has 4 amide bonds. The minimum atomic E-state index is -1.35. The van der Waals surface area contributed by atoms with Crippen LogP contribution in [0.1, 0.15) is 19.3 Å². The predicted octanol–water partition coefficient (Wildman–Crippen LogP) is 2.12. The number of rotatable bonds is 6. The maximum Gasteiger partial charge on any atom is 0.318 e. The molecule has 37 heavy (non-hydrogen) atoms. The van der Waals surface area contributed by atoms with Crippen LogP contribution in [0.5, 0.6) is 0 Å². The quantitative estimate of drug-likeness (QED) is 0.580. The molecule has 0 unspecified atom stereocenters. The van der Waals surface area contributed by atoms with Crippen LogP contribution in [0.25, 0.3) is 11.5 Å². The number of amides is 4. The lowest BCUT2D eigenvalue weighted by atomic mass is 9.90. The van der Waals surface area contributed by atoms with E-state index in [0.717, 1.165) is 0 Å². The summed E-state index contributed by atoms with van der Waals surface area (Å²) in [4.78, 5) is 47.2. The van der Waals surface area contributed by atoms with Crippen molar-refractivity contribution >= 4 is 34.3 Å². The smallest absolute Gasteiger partial charge is 0.318 e. The van der Waals surface area contributed by atoms with E-state index in [0.29, 0.717) is 68.9 Å². The molecule has 0 aliphatic carbocycles. The number of carbonyl (C=O) groups is 3. The molecule has 200 valence electrons. The highest BCUT2D eigenvalue weighted by atomic mass is 32.1. The minimum absolute atomic E-state index is 0.119. The maximum atomic E-state index is 14.6. The van der Waals surface area contributed by atoms with Crippen molar-refractivity contribution in [3.05, 3.63) is 23.8 Å². The van der Waals surface area contributed by atoms with Gasteiger partial charge in [0.2, 0.25) is 11.8 Å². The Hall–Kier alpha value is -3.03. The molecular weight excluding hydrogens is 505 g/mol. The molecule has 0 saturated carbocycles. The molecule has 3 aliphatic rings. The maximum absolute atomic E-state index is 14.6. The zero-order valence-electron chi connectivity index (χ0n) is 20.3. The summed E-state index contributed by atoms with van der Waals surface area (Å²) in [6.07, 6.45) is 1.23. The van der Waals surface area contributed by atoms with Crippen LogP contribution in [0.4, 0.5) is 14.3 Å². The number of urea groups is 1. The summed E-state index contributed by atoms with van der Waals surface area (Å²) in [5, 5.41) is 7.67. The minimum Gasteiger partial charge on any atom is -0.463 e. The zero-order chi connectivity index (χ0) is 25.8. The van der Waals surface area contributed by atoms with Gasteiger partial charge >= 0.3 is 6.03 Å². The summed E-state index contributed by atoms with van der Waals surface area (Å²) in [5.74, 6) is -0.583. The molecule has 3 saturated heterocycles. The van der Waals surface area contributed by atoms with Crippen LogP contribution < -0.4 is 10.6 Å². The lowest BCUT2D eigenvalue weighted by molar-refractivity contribution is -0.140. The number of aromatic nitrogens is 1. The Balaban J connectivity index is 1.30. The first-order valence-electron chi connectivity index (χ1n) is 12.5. The highest BCUT2D eigenvalue weighted by molar-refractivity contribution is 7.14. The van der Waals surface area contributed by atoms with Crippen molar-refractivity contribution in [2.75, 3.05) is 51.4 Å². The topological polar surface area (TPSA) is 126 Å². The number of alkyl halides is 1. The zero-order valence-corrected chi connectivity index (χ0v) is 21.1. The average molecular weight is 536 g/mol. The third-order valence-electron chi connectivity index (χ3n) is 6.92. The molecule has 13 heteroatoms. The number of morpholine rings is 1. The summed E-state index contributed by atoms with van der Waals surface area (Å²) in [5.41, 5.74) is 0.568. The van der Waals surface area contributed by atoms with Crippen molar-refractivity contribution in [2.24, 2.45) is 5.92 Å². The monoisotopic (exact) mass is 535 g/mol. The number of carbonyl (C=O) groups excluding carboxylic acids is 3. The van der Waals surface area contributed by atoms with Crippen molar-refractivity contribution in [1.29, 1.82) is 0 Å². The Morgan fingerprint density at radius 3 is 2.62 bits per heavy atom. The molecule has 5 rings (SSSR count). The lowest BCUT2D eigenvalue weighted by Crippen LogP contribution is -2.58. The first kappa shape index (κ1) is 25.6. The summed E-state index contributed by atoms with van der Waals surface area (Å²) >= 11 is 1.21. The van der Waals surface area contributed by atoms with E-state index < -0.39 is 30.1 Å².